The maximum Gasteiger partial charge on any atom is 0.159 e. The van der Waals surface area contributed by atoms with E-state index in [1.54, 1.807) is 5.57 Å². The molecule has 0 bridgehead atoms. The Kier molecular flexibility index (Phi) is 17.8. The first-order valence-electron chi connectivity index (χ1n) is 9.32. The molecule has 0 radical (unpaired) electrons. The molecule has 0 atom stereocenters. The molecule has 0 aliphatic carbocycles. The topological polar surface area (TPSA) is 17.1 Å². The minimum Gasteiger partial charge on any atom is -0.275 e. The Labute approximate surface area is 135 Å². The highest BCUT2D eigenvalue weighted by Gasteiger charge is 1.99. The van der Waals surface area contributed by atoms with E-state index in [1.165, 1.54) is 89.9 Å². The highest BCUT2D eigenvalue weighted by molar-refractivity contribution is 7.23. The second kappa shape index (κ2) is 17.9. The minimum absolute atomic E-state index is 0.269. The molecule has 0 heterocycles. The summed E-state index contributed by atoms with van der Waals surface area (Å²) in [5, 5.41) is 0. The molecule has 0 aliphatic heterocycles. The maximum absolute atomic E-state index is 10.7. The third-order valence-electron chi connectivity index (χ3n) is 4.16. The third-order valence-corrected chi connectivity index (χ3v) is 4.49. The smallest absolute Gasteiger partial charge is 0.159 e. The Balaban J connectivity index is 3.70. The lowest BCUT2D eigenvalue weighted by Gasteiger charge is -2.08. The zero-order chi connectivity index (χ0) is 15.6. The zero-order valence-electron chi connectivity index (χ0n) is 14.5. The average molecular weight is 312 g/mol. The van der Waals surface area contributed by atoms with E-state index in [1.807, 2.05) is 0 Å². The quantitative estimate of drug-likeness (QED) is 0.162. The number of unbranched alkanes of at least 4 members (excludes halogenated alkanes) is 10. The van der Waals surface area contributed by atoms with Crippen LogP contribution in [-0.2, 0) is 4.57 Å². The van der Waals surface area contributed by atoms with E-state index in [-0.39, 0.29) is 8.46 Å². The van der Waals surface area contributed by atoms with Gasteiger partial charge in [0, 0.05) is 6.16 Å². The highest BCUT2D eigenvalue weighted by Crippen LogP contribution is 2.19. The summed E-state index contributed by atoms with van der Waals surface area (Å²) < 4.78 is 10.7. The van der Waals surface area contributed by atoms with Gasteiger partial charge in [0.15, 0.2) is 8.46 Å². The van der Waals surface area contributed by atoms with E-state index in [2.05, 4.69) is 19.9 Å². The fraction of sp³-hybridized carbons (Fsp3) is 0.895. The van der Waals surface area contributed by atoms with Crippen molar-refractivity contribution in [1.82, 2.24) is 0 Å². The zero-order valence-corrected chi connectivity index (χ0v) is 15.4. The predicted octanol–water partition coefficient (Wildman–Crippen LogP) is 7.71. The summed E-state index contributed by atoms with van der Waals surface area (Å²) in [6, 6.07) is 0. The maximum atomic E-state index is 10.7. The van der Waals surface area contributed by atoms with Gasteiger partial charge in [-0.3, -0.25) is 4.57 Å². The Hall–Kier alpha value is -0.160. The van der Waals surface area contributed by atoms with Crippen LogP contribution in [0, 0.1) is 0 Å². The molecule has 0 rings (SSSR count). The molecule has 0 saturated heterocycles. The van der Waals surface area contributed by atoms with Crippen LogP contribution in [0.2, 0.25) is 0 Å². The van der Waals surface area contributed by atoms with Crippen molar-refractivity contribution in [3.8, 4) is 0 Å². The van der Waals surface area contributed by atoms with Gasteiger partial charge in [0.2, 0.25) is 0 Å². The van der Waals surface area contributed by atoms with Gasteiger partial charge >= 0.3 is 0 Å². The largest absolute Gasteiger partial charge is 0.275 e. The van der Waals surface area contributed by atoms with Crippen molar-refractivity contribution in [3.05, 3.63) is 11.6 Å². The van der Waals surface area contributed by atoms with E-state index in [0.29, 0.717) is 6.16 Å². The normalized spacial score (nSPS) is 11.0. The van der Waals surface area contributed by atoms with Crippen LogP contribution in [0.5, 0.6) is 0 Å². The van der Waals surface area contributed by atoms with Crippen LogP contribution in [0.4, 0.5) is 0 Å². The van der Waals surface area contributed by atoms with Crippen molar-refractivity contribution in [2.24, 2.45) is 0 Å². The molecule has 0 aromatic carbocycles. The van der Waals surface area contributed by atoms with Crippen LogP contribution in [0.25, 0.3) is 0 Å². The second-order valence-electron chi connectivity index (χ2n) is 6.21. The Morgan fingerprint density at radius 1 is 0.714 bits per heavy atom. The molecule has 0 amide bonds. The van der Waals surface area contributed by atoms with Gasteiger partial charge in [0.25, 0.3) is 0 Å². The molecular formula is C19H37OP. The second-order valence-corrected chi connectivity index (χ2v) is 6.83. The summed E-state index contributed by atoms with van der Waals surface area (Å²) >= 11 is 0. The Morgan fingerprint density at radius 2 is 1.14 bits per heavy atom. The molecular weight excluding hydrogens is 275 g/mol. The molecule has 0 aromatic heterocycles. The van der Waals surface area contributed by atoms with Gasteiger partial charge < -0.3 is 0 Å². The summed E-state index contributed by atoms with van der Waals surface area (Å²) in [6.07, 6.45) is 21.8. The van der Waals surface area contributed by atoms with Gasteiger partial charge in [-0.05, 0) is 25.7 Å². The molecule has 124 valence electrons. The van der Waals surface area contributed by atoms with Crippen LogP contribution in [0.1, 0.15) is 104 Å². The lowest BCUT2D eigenvalue weighted by atomic mass is 9.99. The Bertz CT molecular complexity index is 230. The van der Waals surface area contributed by atoms with Crippen LogP contribution in [0.3, 0.4) is 0 Å². The van der Waals surface area contributed by atoms with E-state index in [4.69, 9.17) is 0 Å². The summed E-state index contributed by atoms with van der Waals surface area (Å²) in [4.78, 5) is 0. The summed E-state index contributed by atoms with van der Waals surface area (Å²) in [7, 11) is 0.269. The third kappa shape index (κ3) is 16.0. The summed E-state index contributed by atoms with van der Waals surface area (Å²) in [6.45, 7) is 4.53. The van der Waals surface area contributed by atoms with Crippen molar-refractivity contribution >= 4 is 8.46 Å². The minimum atomic E-state index is 0.269. The van der Waals surface area contributed by atoms with E-state index in [0.717, 1.165) is 0 Å². The van der Waals surface area contributed by atoms with Crippen molar-refractivity contribution in [2.75, 3.05) is 6.16 Å². The first-order chi connectivity index (χ1) is 10.3. The van der Waals surface area contributed by atoms with Crippen LogP contribution < -0.4 is 0 Å². The lowest BCUT2D eigenvalue weighted by Crippen LogP contribution is -1.89. The Morgan fingerprint density at radius 3 is 1.57 bits per heavy atom. The lowest BCUT2D eigenvalue weighted by molar-refractivity contribution is 0.582. The van der Waals surface area contributed by atoms with E-state index >= 15 is 0 Å². The first kappa shape index (κ1) is 20.8. The van der Waals surface area contributed by atoms with Gasteiger partial charge in [-0.15, -0.1) is 0 Å². The van der Waals surface area contributed by atoms with Crippen LogP contribution in [-0.4, -0.2) is 6.16 Å². The molecule has 0 saturated carbocycles. The predicted molar refractivity (Wildman–Crippen MR) is 96.5 cm³/mol. The van der Waals surface area contributed by atoms with Crippen molar-refractivity contribution in [3.63, 3.8) is 0 Å². The molecule has 0 N–H and O–H groups in total. The van der Waals surface area contributed by atoms with Gasteiger partial charge in [-0.2, -0.15) is 0 Å². The molecule has 21 heavy (non-hydrogen) atoms. The summed E-state index contributed by atoms with van der Waals surface area (Å²) in [5.74, 6) is 0. The van der Waals surface area contributed by atoms with E-state index in [9.17, 15) is 4.57 Å². The van der Waals surface area contributed by atoms with Crippen LogP contribution >= 0.6 is 8.46 Å². The molecule has 2 heteroatoms. The van der Waals surface area contributed by atoms with Crippen molar-refractivity contribution in [2.45, 2.75) is 104 Å². The van der Waals surface area contributed by atoms with Gasteiger partial charge in [0.05, 0.1) is 0 Å². The number of allylic oxidation sites excluding steroid dienone is 2. The SMILES string of the molecule is CCCCCCCCC(=CCP=O)CCCCCCCC. The van der Waals surface area contributed by atoms with E-state index < -0.39 is 0 Å². The van der Waals surface area contributed by atoms with Crippen molar-refractivity contribution in [1.29, 1.82) is 0 Å². The number of rotatable bonds is 16. The molecule has 0 fully saturated rings. The molecule has 0 aromatic rings. The number of hydrogen-bond acceptors (Lipinski definition) is 1. The number of hydrogen-bond donors (Lipinski definition) is 0. The fourth-order valence-corrected chi connectivity index (χ4v) is 3.09. The molecule has 0 spiro atoms. The standard InChI is InChI=1S/C19H37OP/c1-3-5-7-9-11-13-15-19(17-18-21-20)16-14-12-10-8-6-4-2/h17H,3-16,18H2,1-2H3. The molecule has 0 aliphatic rings. The highest BCUT2D eigenvalue weighted by atomic mass is 31.1. The monoisotopic (exact) mass is 312 g/mol. The molecule has 1 nitrogen and oxygen atoms in total. The summed E-state index contributed by atoms with van der Waals surface area (Å²) in [5.41, 5.74) is 1.56. The van der Waals surface area contributed by atoms with Crippen molar-refractivity contribution < 1.29 is 4.57 Å². The average Bonchev–Trinajstić information content (AvgIpc) is 2.50. The van der Waals surface area contributed by atoms with Gasteiger partial charge in [-0.1, -0.05) is 89.7 Å². The van der Waals surface area contributed by atoms with Gasteiger partial charge in [0.1, 0.15) is 0 Å². The fourth-order valence-electron chi connectivity index (χ4n) is 2.76. The van der Waals surface area contributed by atoms with Gasteiger partial charge in [-0.25, -0.2) is 0 Å². The molecule has 0 unspecified atom stereocenters. The first-order valence-corrected chi connectivity index (χ1v) is 10.3. The van der Waals surface area contributed by atoms with Crippen LogP contribution in [0.15, 0.2) is 11.6 Å².